The lowest BCUT2D eigenvalue weighted by Gasteiger charge is -2.28. The van der Waals surface area contributed by atoms with Gasteiger partial charge < -0.3 is 10.0 Å². The van der Waals surface area contributed by atoms with Gasteiger partial charge in [0.15, 0.2) is 9.84 Å². The molecule has 0 aliphatic carbocycles. The van der Waals surface area contributed by atoms with E-state index in [1.54, 1.807) is 0 Å². The quantitative estimate of drug-likeness (QED) is 0.706. The minimum Gasteiger partial charge on any atom is -0.395 e. The zero-order chi connectivity index (χ0) is 12.3. The van der Waals surface area contributed by atoms with E-state index < -0.39 is 15.2 Å². The lowest BCUT2D eigenvalue weighted by atomic mass is 10.2. The van der Waals surface area contributed by atoms with Gasteiger partial charge in [0.05, 0.1) is 18.1 Å². The van der Waals surface area contributed by atoms with E-state index in [4.69, 9.17) is 16.7 Å². The molecule has 1 rings (SSSR count). The first-order valence-electron chi connectivity index (χ1n) is 5.13. The Kier molecular flexibility index (Phi) is 4.58. The highest BCUT2D eigenvalue weighted by Gasteiger charge is 2.35. The van der Waals surface area contributed by atoms with Crippen LogP contribution in [0.25, 0.3) is 0 Å². The van der Waals surface area contributed by atoms with Crippen LogP contribution >= 0.6 is 11.6 Å². The molecule has 1 fully saturated rings. The van der Waals surface area contributed by atoms with Crippen molar-refractivity contribution in [3.63, 3.8) is 0 Å². The third-order valence-electron chi connectivity index (χ3n) is 2.61. The minimum absolute atomic E-state index is 0.0254. The summed E-state index contributed by atoms with van der Waals surface area (Å²) in [5.74, 6) is -0.246. The van der Waals surface area contributed by atoms with Crippen molar-refractivity contribution in [3.05, 3.63) is 0 Å². The Morgan fingerprint density at radius 1 is 1.62 bits per heavy atom. The number of alkyl halides is 1. The van der Waals surface area contributed by atoms with Crippen LogP contribution in [0, 0.1) is 0 Å². The summed E-state index contributed by atoms with van der Waals surface area (Å²) in [6.45, 7) is 1.49. The molecule has 0 aromatic heterocycles. The summed E-state index contributed by atoms with van der Waals surface area (Å²) in [6.07, 6.45) is 0.428. The highest BCUT2D eigenvalue weighted by Crippen LogP contribution is 2.19. The molecule has 7 heteroatoms. The molecule has 1 heterocycles. The van der Waals surface area contributed by atoms with Gasteiger partial charge in [-0.3, -0.25) is 4.79 Å². The molecule has 16 heavy (non-hydrogen) atoms. The first kappa shape index (κ1) is 13.7. The number of aliphatic hydroxyl groups is 1. The molecule has 1 aliphatic rings. The monoisotopic (exact) mass is 269 g/mol. The SMILES string of the molecule is CC(Cl)C(=O)N(CCO)C1CCS(=O)(=O)C1. The maximum absolute atomic E-state index is 11.7. The number of nitrogens with zero attached hydrogens (tertiary/aromatic N) is 1. The van der Waals surface area contributed by atoms with Crippen LogP contribution in [0.5, 0.6) is 0 Å². The number of hydrogen-bond donors (Lipinski definition) is 1. The van der Waals surface area contributed by atoms with E-state index >= 15 is 0 Å². The predicted octanol–water partition coefficient (Wildman–Crippen LogP) is -0.378. The van der Waals surface area contributed by atoms with Crippen LogP contribution in [0.3, 0.4) is 0 Å². The second-order valence-electron chi connectivity index (χ2n) is 3.93. The van der Waals surface area contributed by atoms with Crippen LogP contribution < -0.4 is 0 Å². The molecular weight excluding hydrogens is 254 g/mol. The van der Waals surface area contributed by atoms with E-state index in [1.165, 1.54) is 11.8 Å². The summed E-state index contributed by atoms with van der Waals surface area (Å²) in [4.78, 5) is 13.1. The summed E-state index contributed by atoms with van der Waals surface area (Å²) in [5.41, 5.74) is 0. The van der Waals surface area contributed by atoms with Gasteiger partial charge in [0, 0.05) is 12.6 Å². The molecule has 1 amide bonds. The second-order valence-corrected chi connectivity index (χ2v) is 6.81. The molecule has 5 nitrogen and oxygen atoms in total. The maximum atomic E-state index is 11.7. The smallest absolute Gasteiger partial charge is 0.240 e. The van der Waals surface area contributed by atoms with E-state index in [0.717, 1.165) is 0 Å². The fourth-order valence-electron chi connectivity index (χ4n) is 1.83. The van der Waals surface area contributed by atoms with Crippen molar-refractivity contribution in [2.45, 2.75) is 24.8 Å². The van der Waals surface area contributed by atoms with Crippen LogP contribution in [-0.2, 0) is 14.6 Å². The van der Waals surface area contributed by atoms with E-state index in [1.807, 2.05) is 0 Å². The molecule has 1 saturated heterocycles. The van der Waals surface area contributed by atoms with Crippen LogP contribution in [0.4, 0.5) is 0 Å². The standard InChI is InChI=1S/C9H16ClNO4S/c1-7(10)9(13)11(3-4-12)8-2-5-16(14,15)6-8/h7-8,12H,2-6H2,1H3. The largest absolute Gasteiger partial charge is 0.395 e. The number of sulfone groups is 1. The van der Waals surface area contributed by atoms with E-state index in [-0.39, 0.29) is 36.6 Å². The summed E-state index contributed by atoms with van der Waals surface area (Å²) >= 11 is 5.69. The van der Waals surface area contributed by atoms with Crippen molar-refractivity contribution >= 4 is 27.3 Å². The number of aliphatic hydroxyl groups excluding tert-OH is 1. The number of halogens is 1. The highest BCUT2D eigenvalue weighted by atomic mass is 35.5. The Labute approximate surface area is 100 Å². The number of hydrogen-bond acceptors (Lipinski definition) is 4. The van der Waals surface area contributed by atoms with Crippen molar-refractivity contribution in [3.8, 4) is 0 Å². The van der Waals surface area contributed by atoms with Crippen LogP contribution in [-0.4, -0.2) is 60.4 Å². The van der Waals surface area contributed by atoms with Gasteiger partial charge in [0.2, 0.25) is 5.91 Å². The zero-order valence-electron chi connectivity index (χ0n) is 9.10. The van der Waals surface area contributed by atoms with E-state index in [0.29, 0.717) is 6.42 Å². The van der Waals surface area contributed by atoms with Gasteiger partial charge in [0.25, 0.3) is 0 Å². The molecule has 0 spiro atoms. The Balaban J connectivity index is 2.75. The maximum Gasteiger partial charge on any atom is 0.240 e. The first-order valence-corrected chi connectivity index (χ1v) is 7.39. The fraction of sp³-hybridized carbons (Fsp3) is 0.889. The minimum atomic E-state index is -3.04. The summed E-state index contributed by atoms with van der Waals surface area (Å²) < 4.78 is 22.6. The van der Waals surface area contributed by atoms with Gasteiger partial charge in [0.1, 0.15) is 5.38 Å². The first-order chi connectivity index (χ1) is 7.37. The van der Waals surface area contributed by atoms with Crippen LogP contribution in [0.1, 0.15) is 13.3 Å². The van der Waals surface area contributed by atoms with Gasteiger partial charge in [-0.05, 0) is 13.3 Å². The van der Waals surface area contributed by atoms with Crippen molar-refractivity contribution in [2.24, 2.45) is 0 Å². The number of amides is 1. The van der Waals surface area contributed by atoms with Crippen molar-refractivity contribution in [2.75, 3.05) is 24.7 Å². The molecule has 2 atom stereocenters. The average molecular weight is 270 g/mol. The second kappa shape index (κ2) is 5.33. The molecule has 2 unspecified atom stereocenters. The lowest BCUT2D eigenvalue weighted by Crippen LogP contribution is -2.45. The van der Waals surface area contributed by atoms with Crippen molar-refractivity contribution in [1.82, 2.24) is 4.90 Å². The van der Waals surface area contributed by atoms with Gasteiger partial charge in [-0.2, -0.15) is 0 Å². The predicted molar refractivity (Wildman–Crippen MR) is 61.2 cm³/mol. The molecule has 0 bridgehead atoms. The van der Waals surface area contributed by atoms with Gasteiger partial charge in [-0.25, -0.2) is 8.42 Å². The topological polar surface area (TPSA) is 74.7 Å². The fourth-order valence-corrected chi connectivity index (χ4v) is 3.69. The third kappa shape index (κ3) is 3.33. The van der Waals surface area contributed by atoms with Gasteiger partial charge in [-0.1, -0.05) is 0 Å². The Morgan fingerprint density at radius 2 is 2.25 bits per heavy atom. The lowest BCUT2D eigenvalue weighted by molar-refractivity contribution is -0.132. The van der Waals surface area contributed by atoms with Crippen LogP contribution in [0.15, 0.2) is 0 Å². The molecular formula is C9H16ClNO4S. The average Bonchev–Trinajstić information content (AvgIpc) is 2.54. The van der Waals surface area contributed by atoms with Crippen molar-refractivity contribution < 1.29 is 18.3 Å². The molecule has 0 radical (unpaired) electrons. The molecule has 0 saturated carbocycles. The molecule has 1 N–H and O–H groups in total. The molecule has 1 aliphatic heterocycles. The highest BCUT2D eigenvalue weighted by molar-refractivity contribution is 7.91. The molecule has 0 aromatic rings. The van der Waals surface area contributed by atoms with E-state index in [9.17, 15) is 13.2 Å². The number of rotatable bonds is 4. The Hall–Kier alpha value is -0.330. The Morgan fingerprint density at radius 3 is 2.62 bits per heavy atom. The van der Waals surface area contributed by atoms with Gasteiger partial charge in [-0.15, -0.1) is 11.6 Å². The number of carbonyl (C=O) groups is 1. The number of carbonyl (C=O) groups excluding carboxylic acids is 1. The normalized spacial score (nSPS) is 25.3. The summed E-state index contributed by atoms with van der Waals surface area (Å²) in [7, 11) is -3.04. The van der Waals surface area contributed by atoms with Crippen LogP contribution in [0.2, 0.25) is 0 Å². The van der Waals surface area contributed by atoms with E-state index in [2.05, 4.69) is 0 Å². The Bertz CT molecular complexity index is 355. The molecule has 0 aromatic carbocycles. The molecule has 94 valence electrons. The summed E-state index contributed by atoms with van der Waals surface area (Å²) in [6, 6.07) is -0.342. The zero-order valence-corrected chi connectivity index (χ0v) is 10.7. The summed E-state index contributed by atoms with van der Waals surface area (Å²) in [5, 5.41) is 8.17. The van der Waals surface area contributed by atoms with Gasteiger partial charge >= 0.3 is 0 Å². The third-order valence-corrected chi connectivity index (χ3v) is 4.55. The van der Waals surface area contributed by atoms with Crippen molar-refractivity contribution in [1.29, 1.82) is 0 Å².